The van der Waals surface area contributed by atoms with E-state index in [-0.39, 0.29) is 45.7 Å². The van der Waals surface area contributed by atoms with Crippen molar-refractivity contribution in [2.24, 2.45) is 7.05 Å². The van der Waals surface area contributed by atoms with Crippen molar-refractivity contribution >= 4 is 0 Å². The third-order valence-corrected chi connectivity index (χ3v) is 3.31. The number of nitrogens with zero attached hydrogens (tertiary/aromatic N) is 2. The van der Waals surface area contributed by atoms with Gasteiger partial charge in [-0.25, -0.2) is 4.68 Å². The van der Waals surface area contributed by atoms with Gasteiger partial charge in [-0.15, -0.1) is 0 Å². The number of hydrogen-bond acceptors (Lipinski definition) is 3. The van der Waals surface area contributed by atoms with Gasteiger partial charge < -0.3 is 12.2 Å². The Morgan fingerprint density at radius 2 is 1.75 bits per heavy atom. The first-order valence-electron chi connectivity index (χ1n) is 7.89. The molecular formula is C19H29N2O2Y-. The van der Waals surface area contributed by atoms with Gasteiger partial charge in [0.1, 0.15) is 5.69 Å². The molecule has 1 aromatic heterocycles. The number of rotatable bonds is 4. The summed E-state index contributed by atoms with van der Waals surface area (Å²) in [5.41, 5.74) is 3.26. The Morgan fingerprint density at radius 1 is 1.17 bits per heavy atom. The molecule has 1 radical (unpaired) electrons. The number of hydrogen-bond donors (Lipinski definition) is 0. The molecule has 24 heavy (non-hydrogen) atoms. The van der Waals surface area contributed by atoms with Crippen LogP contribution < -0.4 is 10.3 Å². The second kappa shape index (κ2) is 12.4. The zero-order valence-electron chi connectivity index (χ0n) is 16.0. The maximum Gasteiger partial charge on any atom is 0.278 e. The summed E-state index contributed by atoms with van der Waals surface area (Å²) >= 11 is 0. The Labute approximate surface area is 171 Å². The maximum atomic E-state index is 12.5. The van der Waals surface area contributed by atoms with Gasteiger partial charge in [0.05, 0.1) is 12.2 Å². The topological polar surface area (TPSA) is 44.1 Å². The summed E-state index contributed by atoms with van der Waals surface area (Å²) in [6, 6.07) is 7.85. The van der Waals surface area contributed by atoms with E-state index in [9.17, 15) is 4.79 Å². The van der Waals surface area contributed by atoms with E-state index in [1.54, 1.807) is 7.05 Å². The van der Waals surface area contributed by atoms with Gasteiger partial charge in [-0.1, -0.05) is 45.0 Å². The normalized spacial score (nSPS) is 9.08. The Hall–Kier alpha value is -0.996. The van der Waals surface area contributed by atoms with Crippen LogP contribution in [0.15, 0.2) is 29.1 Å². The molecular weight excluding hydrogens is 377 g/mol. The summed E-state index contributed by atoms with van der Waals surface area (Å²) < 4.78 is 7.12. The van der Waals surface area contributed by atoms with E-state index in [0.29, 0.717) is 17.9 Å². The molecule has 5 heteroatoms. The van der Waals surface area contributed by atoms with Crippen molar-refractivity contribution in [2.45, 2.75) is 41.0 Å². The van der Waals surface area contributed by atoms with Crippen molar-refractivity contribution in [1.82, 2.24) is 9.78 Å². The van der Waals surface area contributed by atoms with E-state index in [2.05, 4.69) is 5.10 Å². The van der Waals surface area contributed by atoms with Gasteiger partial charge in [0.15, 0.2) is 5.75 Å². The molecule has 2 aromatic rings. The van der Waals surface area contributed by atoms with Crippen molar-refractivity contribution < 1.29 is 37.4 Å². The van der Waals surface area contributed by atoms with E-state index in [4.69, 9.17) is 4.74 Å². The van der Waals surface area contributed by atoms with Crippen LogP contribution in [-0.4, -0.2) is 16.4 Å². The molecule has 0 atom stereocenters. The number of benzene rings is 1. The van der Waals surface area contributed by atoms with Gasteiger partial charge in [-0.05, 0) is 31.4 Å². The van der Waals surface area contributed by atoms with Gasteiger partial charge in [0.25, 0.3) is 5.56 Å². The predicted octanol–water partition coefficient (Wildman–Crippen LogP) is 4.19. The largest absolute Gasteiger partial charge is 0.491 e. The quantitative estimate of drug-likeness (QED) is 0.716. The van der Waals surface area contributed by atoms with Crippen LogP contribution in [0.3, 0.4) is 0 Å². The standard InChI is InChI=1S/C16H20N2O2.C2H6.CH3.Y/c1-5-13-15(20-6-2)14(16(19)18(4)17-13)12-10-8-7-9-11(12)3;1-2;;/h7-10H,5-6H2,1-4H3;1-2H3;1H3;/q;;-1;. The minimum Gasteiger partial charge on any atom is -0.491 e. The van der Waals surface area contributed by atoms with E-state index in [1.165, 1.54) is 4.68 Å². The van der Waals surface area contributed by atoms with Gasteiger partial charge in [0, 0.05) is 39.8 Å². The predicted molar refractivity (Wildman–Crippen MR) is 98.0 cm³/mol. The Bertz CT molecular complexity index is 682. The van der Waals surface area contributed by atoms with Crippen molar-refractivity contribution in [1.29, 1.82) is 0 Å². The number of aromatic nitrogens is 2. The van der Waals surface area contributed by atoms with Crippen LogP contribution in [0.2, 0.25) is 0 Å². The molecule has 131 valence electrons. The third-order valence-electron chi connectivity index (χ3n) is 3.31. The van der Waals surface area contributed by atoms with E-state index in [1.807, 2.05) is 58.9 Å². The van der Waals surface area contributed by atoms with Crippen LogP contribution >= 0.6 is 0 Å². The fourth-order valence-electron chi connectivity index (χ4n) is 2.30. The van der Waals surface area contributed by atoms with Crippen molar-refractivity contribution in [3.63, 3.8) is 0 Å². The molecule has 0 aliphatic carbocycles. The van der Waals surface area contributed by atoms with Crippen LogP contribution in [0, 0.1) is 14.4 Å². The zero-order valence-corrected chi connectivity index (χ0v) is 18.9. The molecule has 0 spiro atoms. The third kappa shape index (κ3) is 5.52. The van der Waals surface area contributed by atoms with Crippen LogP contribution in [0.1, 0.15) is 39.0 Å². The monoisotopic (exact) mass is 406 g/mol. The van der Waals surface area contributed by atoms with E-state index < -0.39 is 0 Å². The van der Waals surface area contributed by atoms with Gasteiger partial charge >= 0.3 is 0 Å². The fraction of sp³-hybridized carbons (Fsp3) is 0.421. The van der Waals surface area contributed by atoms with Crippen molar-refractivity contribution in [2.75, 3.05) is 6.61 Å². The summed E-state index contributed by atoms with van der Waals surface area (Å²) in [5.74, 6) is 0.618. The molecule has 1 heterocycles. The molecule has 0 aliphatic heterocycles. The summed E-state index contributed by atoms with van der Waals surface area (Å²) in [6.45, 7) is 10.4. The summed E-state index contributed by atoms with van der Waals surface area (Å²) in [5, 5.41) is 4.30. The minimum absolute atomic E-state index is 0. The maximum absolute atomic E-state index is 12.5. The van der Waals surface area contributed by atoms with Crippen LogP contribution in [-0.2, 0) is 46.2 Å². The minimum atomic E-state index is -0.125. The van der Waals surface area contributed by atoms with Crippen LogP contribution in [0.5, 0.6) is 5.75 Å². The molecule has 0 unspecified atom stereocenters. The average molecular weight is 406 g/mol. The summed E-state index contributed by atoms with van der Waals surface area (Å²) in [7, 11) is 1.68. The molecule has 1 aromatic carbocycles. The Kier molecular flexibility index (Phi) is 13.0. The van der Waals surface area contributed by atoms with Gasteiger partial charge in [-0.3, -0.25) is 4.79 Å². The van der Waals surface area contributed by atoms with E-state index in [0.717, 1.165) is 23.2 Å². The fourth-order valence-corrected chi connectivity index (χ4v) is 2.30. The Morgan fingerprint density at radius 3 is 2.25 bits per heavy atom. The van der Waals surface area contributed by atoms with Crippen LogP contribution in [0.4, 0.5) is 0 Å². The molecule has 2 rings (SSSR count). The SMILES string of the molecule is CC.CCOc1c(CC)nn(C)c(=O)c1-c1ccccc1C.[CH3-].[Y]. The van der Waals surface area contributed by atoms with Crippen molar-refractivity contribution in [3.8, 4) is 16.9 Å². The Balaban J connectivity index is 0. The summed E-state index contributed by atoms with van der Waals surface area (Å²) in [4.78, 5) is 12.5. The molecule has 0 saturated carbocycles. The molecule has 0 amide bonds. The first-order valence-corrected chi connectivity index (χ1v) is 7.89. The van der Waals surface area contributed by atoms with E-state index >= 15 is 0 Å². The second-order valence-electron chi connectivity index (χ2n) is 4.68. The molecule has 0 fully saturated rings. The number of aryl methyl sites for hydroxylation is 3. The second-order valence-corrected chi connectivity index (χ2v) is 4.68. The molecule has 0 aliphatic rings. The zero-order chi connectivity index (χ0) is 16.7. The van der Waals surface area contributed by atoms with Gasteiger partial charge in [-0.2, -0.15) is 5.10 Å². The molecule has 0 N–H and O–H groups in total. The van der Waals surface area contributed by atoms with Gasteiger partial charge in [0.2, 0.25) is 0 Å². The first-order chi connectivity index (χ1) is 10.6. The summed E-state index contributed by atoms with van der Waals surface area (Å²) in [6.07, 6.45) is 0.725. The number of ether oxygens (including phenoxy) is 1. The van der Waals surface area contributed by atoms with Crippen LogP contribution in [0.25, 0.3) is 11.1 Å². The molecule has 0 saturated heterocycles. The molecule has 0 bridgehead atoms. The molecule has 4 nitrogen and oxygen atoms in total. The average Bonchev–Trinajstić information content (AvgIpc) is 2.54. The van der Waals surface area contributed by atoms with Crippen molar-refractivity contribution in [3.05, 3.63) is 53.3 Å². The smallest absolute Gasteiger partial charge is 0.278 e. The first kappa shape index (κ1) is 25.2.